The maximum Gasteiger partial charge on any atom is 0.212 e. The minimum atomic E-state index is -3.17. The molecule has 0 aliphatic rings. The lowest BCUT2D eigenvalue weighted by Gasteiger charge is -2.07. The molecular formula is C12H19ClN2O2S. The zero-order chi connectivity index (χ0) is 13.4. The molecule has 1 rings (SSSR count). The molecule has 0 fully saturated rings. The maximum atomic E-state index is 11.6. The maximum absolute atomic E-state index is 11.6. The molecule has 0 atom stereocenters. The molecule has 0 bridgehead atoms. The summed E-state index contributed by atoms with van der Waals surface area (Å²) in [5.41, 5.74) is 1.06. The molecule has 0 aliphatic heterocycles. The molecule has 0 heterocycles. The summed E-state index contributed by atoms with van der Waals surface area (Å²) in [5, 5.41) is 3.67. The molecule has 0 aromatic heterocycles. The molecule has 2 N–H and O–H groups in total. The Morgan fingerprint density at radius 1 is 1.17 bits per heavy atom. The molecule has 0 unspecified atom stereocenters. The minimum absolute atomic E-state index is 0.113. The highest BCUT2D eigenvalue weighted by Gasteiger charge is 2.08. The molecule has 18 heavy (non-hydrogen) atoms. The van der Waals surface area contributed by atoms with Crippen molar-refractivity contribution in [3.63, 3.8) is 0 Å². The van der Waals surface area contributed by atoms with Crippen LogP contribution in [0.15, 0.2) is 24.3 Å². The monoisotopic (exact) mass is 290 g/mol. The van der Waals surface area contributed by atoms with Crippen LogP contribution in [0, 0.1) is 0 Å². The first-order chi connectivity index (χ1) is 8.53. The summed E-state index contributed by atoms with van der Waals surface area (Å²) < 4.78 is 25.7. The zero-order valence-corrected chi connectivity index (χ0v) is 12.0. The third kappa shape index (κ3) is 6.35. The molecule has 4 nitrogen and oxygen atoms in total. The lowest BCUT2D eigenvalue weighted by molar-refractivity contribution is 0.578. The number of rotatable bonds is 8. The molecular weight excluding hydrogens is 272 g/mol. The lowest BCUT2D eigenvalue weighted by Crippen LogP contribution is -2.33. The van der Waals surface area contributed by atoms with E-state index in [2.05, 4.69) is 10.0 Å². The molecule has 0 radical (unpaired) electrons. The van der Waals surface area contributed by atoms with Gasteiger partial charge in [-0.1, -0.05) is 30.7 Å². The Morgan fingerprint density at radius 3 is 2.44 bits per heavy atom. The van der Waals surface area contributed by atoms with E-state index >= 15 is 0 Å². The number of halogens is 1. The second kappa shape index (κ2) is 7.74. The molecule has 6 heteroatoms. The SMILES string of the molecule is CCNCCS(=O)(=O)NCCc1ccc(Cl)cc1. The first-order valence-electron chi connectivity index (χ1n) is 5.96. The fraction of sp³-hybridized carbons (Fsp3) is 0.500. The number of sulfonamides is 1. The fourth-order valence-electron chi connectivity index (χ4n) is 1.46. The molecule has 0 saturated heterocycles. The summed E-state index contributed by atoms with van der Waals surface area (Å²) in [7, 11) is -3.17. The Hall–Kier alpha value is -0.620. The largest absolute Gasteiger partial charge is 0.316 e. The van der Waals surface area contributed by atoms with E-state index in [9.17, 15) is 8.42 Å². The Kier molecular flexibility index (Phi) is 6.63. The average Bonchev–Trinajstić information content (AvgIpc) is 2.32. The molecule has 0 aliphatic carbocycles. The lowest BCUT2D eigenvalue weighted by atomic mass is 10.2. The summed E-state index contributed by atoms with van der Waals surface area (Å²) in [6.07, 6.45) is 0.664. The van der Waals surface area contributed by atoms with E-state index in [-0.39, 0.29) is 5.75 Å². The van der Waals surface area contributed by atoms with Crippen LogP contribution >= 0.6 is 11.6 Å². The molecule has 0 amide bonds. The van der Waals surface area contributed by atoms with E-state index in [0.29, 0.717) is 24.5 Å². The van der Waals surface area contributed by atoms with Gasteiger partial charge in [-0.05, 0) is 30.7 Å². The van der Waals surface area contributed by atoms with E-state index in [0.717, 1.165) is 12.1 Å². The summed E-state index contributed by atoms with van der Waals surface area (Å²) in [6, 6.07) is 7.40. The summed E-state index contributed by atoms with van der Waals surface area (Å²) >= 11 is 5.77. The summed E-state index contributed by atoms with van der Waals surface area (Å²) in [6.45, 7) is 3.61. The van der Waals surface area contributed by atoms with Crippen LogP contribution in [0.5, 0.6) is 0 Å². The van der Waals surface area contributed by atoms with Crippen LogP contribution < -0.4 is 10.0 Å². The molecule has 1 aromatic rings. The highest BCUT2D eigenvalue weighted by molar-refractivity contribution is 7.89. The van der Waals surface area contributed by atoms with Gasteiger partial charge in [0, 0.05) is 18.1 Å². The molecule has 0 saturated carbocycles. The smallest absolute Gasteiger partial charge is 0.212 e. The van der Waals surface area contributed by atoms with Crippen LogP contribution in [-0.2, 0) is 16.4 Å². The average molecular weight is 291 g/mol. The second-order valence-electron chi connectivity index (χ2n) is 3.94. The summed E-state index contributed by atoms with van der Waals surface area (Å²) in [5.74, 6) is 0.113. The predicted octanol–water partition coefficient (Wildman–Crippen LogP) is 1.41. The summed E-state index contributed by atoms with van der Waals surface area (Å²) in [4.78, 5) is 0. The van der Waals surface area contributed by atoms with Crippen LogP contribution in [0.1, 0.15) is 12.5 Å². The van der Waals surface area contributed by atoms with Gasteiger partial charge in [-0.3, -0.25) is 0 Å². The second-order valence-corrected chi connectivity index (χ2v) is 6.31. The van der Waals surface area contributed by atoms with Crippen LogP contribution in [0.4, 0.5) is 0 Å². The van der Waals surface area contributed by atoms with E-state index < -0.39 is 10.0 Å². The van der Waals surface area contributed by atoms with Crippen molar-refractivity contribution in [2.45, 2.75) is 13.3 Å². The van der Waals surface area contributed by atoms with Crippen molar-refractivity contribution >= 4 is 21.6 Å². The van der Waals surface area contributed by atoms with Crippen molar-refractivity contribution in [2.75, 3.05) is 25.4 Å². The van der Waals surface area contributed by atoms with E-state index in [1.54, 1.807) is 12.1 Å². The third-order valence-electron chi connectivity index (χ3n) is 2.45. The van der Waals surface area contributed by atoms with Gasteiger partial charge in [-0.2, -0.15) is 0 Å². The molecule has 102 valence electrons. The quantitative estimate of drug-likeness (QED) is 0.712. The van der Waals surface area contributed by atoms with Crippen molar-refractivity contribution in [3.8, 4) is 0 Å². The van der Waals surface area contributed by atoms with Crippen molar-refractivity contribution in [1.29, 1.82) is 0 Å². The van der Waals surface area contributed by atoms with Gasteiger partial charge >= 0.3 is 0 Å². The van der Waals surface area contributed by atoms with Gasteiger partial charge in [-0.25, -0.2) is 13.1 Å². The predicted molar refractivity (Wildman–Crippen MR) is 75.5 cm³/mol. The van der Waals surface area contributed by atoms with E-state index in [4.69, 9.17) is 11.6 Å². The minimum Gasteiger partial charge on any atom is -0.316 e. The molecule has 0 spiro atoms. The highest BCUT2D eigenvalue weighted by Crippen LogP contribution is 2.09. The van der Waals surface area contributed by atoms with Crippen LogP contribution in [0.2, 0.25) is 5.02 Å². The topological polar surface area (TPSA) is 58.2 Å². The Balaban J connectivity index is 2.30. The van der Waals surface area contributed by atoms with Crippen molar-refractivity contribution in [3.05, 3.63) is 34.9 Å². The number of hydrogen-bond donors (Lipinski definition) is 2. The Bertz CT molecular complexity index is 446. The normalized spacial score (nSPS) is 11.7. The first-order valence-corrected chi connectivity index (χ1v) is 7.99. The highest BCUT2D eigenvalue weighted by atomic mass is 35.5. The third-order valence-corrected chi connectivity index (χ3v) is 4.08. The number of hydrogen-bond acceptors (Lipinski definition) is 3. The fourth-order valence-corrected chi connectivity index (χ4v) is 2.55. The van der Waals surface area contributed by atoms with E-state index in [1.165, 1.54) is 0 Å². The Morgan fingerprint density at radius 2 is 1.83 bits per heavy atom. The zero-order valence-electron chi connectivity index (χ0n) is 10.4. The van der Waals surface area contributed by atoms with Crippen LogP contribution in [-0.4, -0.2) is 33.8 Å². The van der Waals surface area contributed by atoms with Gasteiger partial charge in [0.05, 0.1) is 5.75 Å². The molecule has 1 aromatic carbocycles. The van der Waals surface area contributed by atoms with Crippen LogP contribution in [0.3, 0.4) is 0 Å². The van der Waals surface area contributed by atoms with Gasteiger partial charge in [-0.15, -0.1) is 0 Å². The van der Waals surface area contributed by atoms with Gasteiger partial charge in [0.25, 0.3) is 0 Å². The van der Waals surface area contributed by atoms with Crippen LogP contribution in [0.25, 0.3) is 0 Å². The van der Waals surface area contributed by atoms with Crippen molar-refractivity contribution in [1.82, 2.24) is 10.0 Å². The first kappa shape index (κ1) is 15.4. The van der Waals surface area contributed by atoms with Gasteiger partial charge < -0.3 is 5.32 Å². The van der Waals surface area contributed by atoms with Gasteiger partial charge in [0.15, 0.2) is 0 Å². The Labute approximate surface area is 114 Å². The van der Waals surface area contributed by atoms with Crippen molar-refractivity contribution in [2.24, 2.45) is 0 Å². The number of nitrogens with one attached hydrogen (secondary N) is 2. The standard InChI is InChI=1S/C12H19ClN2O2S/c1-2-14-9-10-18(16,17)15-8-7-11-3-5-12(13)6-4-11/h3-6,14-15H,2,7-10H2,1H3. The van der Waals surface area contributed by atoms with E-state index in [1.807, 2.05) is 19.1 Å². The number of benzene rings is 1. The van der Waals surface area contributed by atoms with Crippen molar-refractivity contribution < 1.29 is 8.42 Å². The van der Waals surface area contributed by atoms with Gasteiger partial charge in [0.1, 0.15) is 0 Å². The van der Waals surface area contributed by atoms with Gasteiger partial charge in [0.2, 0.25) is 10.0 Å².